The number of hydrogen-bond donors (Lipinski definition) is 0. The van der Waals surface area contributed by atoms with Crippen molar-refractivity contribution in [3.63, 3.8) is 0 Å². The normalized spacial score (nSPS) is 18.9. The first-order valence-corrected chi connectivity index (χ1v) is 16.0. The first-order valence-electron chi connectivity index (χ1n) is 11.4. The van der Waals surface area contributed by atoms with Crippen LogP contribution < -0.4 is 0 Å². The minimum atomic E-state index is -4.05. The summed E-state index contributed by atoms with van der Waals surface area (Å²) in [5.74, 6) is 0.120. The molecular weight excluding hydrogens is 500 g/mol. The van der Waals surface area contributed by atoms with Crippen LogP contribution >= 0.6 is 27.0 Å². The summed E-state index contributed by atoms with van der Waals surface area (Å²) in [7, 11) is -8.11. The van der Waals surface area contributed by atoms with Gasteiger partial charge in [-0.3, -0.25) is 9.13 Å². The summed E-state index contributed by atoms with van der Waals surface area (Å²) in [4.78, 5) is 18.0. The van der Waals surface area contributed by atoms with E-state index in [1.54, 1.807) is 39.8 Å². The molecule has 0 bridgehead atoms. The maximum absolute atomic E-state index is 14.0. The molecule has 1 aliphatic heterocycles. The third-order valence-corrected chi connectivity index (χ3v) is 11.7. The number of hydrogen-bond acceptors (Lipinski definition) is 10. The molecule has 0 aliphatic carbocycles. The largest absolute Gasteiger partial charge is 0.405 e. The van der Waals surface area contributed by atoms with Crippen LogP contribution in [0, 0.1) is 0 Å². The molecule has 12 heteroatoms. The van der Waals surface area contributed by atoms with E-state index in [-0.39, 0.29) is 45.2 Å². The molecule has 0 aromatic heterocycles. The van der Waals surface area contributed by atoms with Crippen LogP contribution in [0.15, 0.2) is 35.3 Å². The molecule has 9 nitrogen and oxygen atoms in total. The summed E-state index contributed by atoms with van der Waals surface area (Å²) in [5.41, 5.74) is -0.818. The zero-order valence-electron chi connectivity index (χ0n) is 20.4. The van der Waals surface area contributed by atoms with Gasteiger partial charge in [0.15, 0.2) is 10.9 Å². The van der Waals surface area contributed by atoms with Crippen molar-refractivity contribution in [2.75, 3.05) is 38.4 Å². The van der Waals surface area contributed by atoms with Crippen molar-refractivity contribution in [2.45, 2.75) is 51.5 Å². The molecule has 0 saturated heterocycles. The molecule has 1 heterocycles. The molecule has 1 atom stereocenters. The van der Waals surface area contributed by atoms with E-state index in [2.05, 4.69) is 4.99 Å². The highest BCUT2D eigenvalue weighted by Gasteiger charge is 2.58. The van der Waals surface area contributed by atoms with E-state index in [1.807, 2.05) is 24.5 Å². The molecule has 2 rings (SSSR count). The first kappa shape index (κ1) is 29.2. The summed E-state index contributed by atoms with van der Waals surface area (Å²) >= 11 is 1.53. The zero-order chi connectivity index (χ0) is 25.2. The molecule has 1 aromatic rings. The lowest BCUT2D eigenvalue weighted by atomic mass is 9.94. The Bertz CT molecular complexity index is 879. The average molecular weight is 536 g/mol. The van der Waals surface area contributed by atoms with E-state index in [0.717, 1.165) is 0 Å². The van der Waals surface area contributed by atoms with Crippen molar-refractivity contribution in [1.29, 1.82) is 0 Å². The quantitative estimate of drug-likeness (QED) is 0.194. The van der Waals surface area contributed by atoms with Crippen LogP contribution in [0.4, 0.5) is 0 Å². The fourth-order valence-corrected chi connectivity index (χ4v) is 9.70. The molecule has 0 spiro atoms. The van der Waals surface area contributed by atoms with Gasteiger partial charge < -0.3 is 22.8 Å². The Morgan fingerprint density at radius 2 is 1.44 bits per heavy atom. The van der Waals surface area contributed by atoms with Gasteiger partial charge in [-0.05, 0) is 58.3 Å². The van der Waals surface area contributed by atoms with Gasteiger partial charge in [-0.15, -0.1) is 0 Å². The van der Waals surface area contributed by atoms with Crippen molar-refractivity contribution >= 4 is 38.8 Å². The number of carbonyl (C=O) groups excluding carboxylic acids is 1. The molecule has 1 aromatic carbocycles. The Balaban J connectivity index is 2.65. The van der Waals surface area contributed by atoms with E-state index >= 15 is 0 Å². The van der Waals surface area contributed by atoms with Gasteiger partial charge in [-0.1, -0.05) is 18.2 Å². The van der Waals surface area contributed by atoms with Gasteiger partial charge in [-0.25, -0.2) is 9.79 Å². The number of aliphatic imine (C=N–C) groups is 1. The van der Waals surface area contributed by atoms with E-state index in [1.165, 1.54) is 11.8 Å². The lowest BCUT2D eigenvalue weighted by Gasteiger charge is -2.34. The predicted octanol–water partition coefficient (Wildman–Crippen LogP) is 5.73. The number of esters is 1. The van der Waals surface area contributed by atoms with Crippen LogP contribution in [-0.2, 0) is 36.8 Å². The van der Waals surface area contributed by atoms with Gasteiger partial charge in [0.1, 0.15) is 0 Å². The smallest absolute Gasteiger partial charge is 0.345 e. The van der Waals surface area contributed by atoms with E-state index < -0.39 is 32.1 Å². The molecule has 0 radical (unpaired) electrons. The number of cyclic esters (lactones) is 1. The van der Waals surface area contributed by atoms with Crippen LogP contribution in [-0.4, -0.2) is 61.2 Å². The van der Waals surface area contributed by atoms with Gasteiger partial charge in [0.25, 0.3) is 0 Å². The Morgan fingerprint density at radius 3 is 1.88 bits per heavy atom. The first-order chi connectivity index (χ1) is 16.2. The average Bonchev–Trinajstić information content (AvgIpc) is 3.13. The van der Waals surface area contributed by atoms with Gasteiger partial charge in [0.2, 0.25) is 5.90 Å². The molecule has 0 saturated carbocycles. The molecule has 192 valence electrons. The number of thioether (sulfide) groups is 1. The Morgan fingerprint density at radius 1 is 0.941 bits per heavy atom. The number of ether oxygens (including phenoxy) is 1. The predicted molar refractivity (Wildman–Crippen MR) is 135 cm³/mol. The van der Waals surface area contributed by atoms with Crippen LogP contribution in [0.25, 0.3) is 0 Å². The van der Waals surface area contributed by atoms with Gasteiger partial charge in [0.05, 0.1) is 26.4 Å². The monoisotopic (exact) mass is 535 g/mol. The third-order valence-electron chi connectivity index (χ3n) is 5.11. The second-order valence-electron chi connectivity index (χ2n) is 7.38. The van der Waals surface area contributed by atoms with Crippen molar-refractivity contribution in [2.24, 2.45) is 4.99 Å². The number of carbonyl (C=O) groups is 1. The molecule has 1 aliphatic rings. The zero-order valence-corrected chi connectivity index (χ0v) is 23.0. The van der Waals surface area contributed by atoms with Crippen molar-refractivity contribution < 1.29 is 36.8 Å². The van der Waals surface area contributed by atoms with E-state index in [9.17, 15) is 13.9 Å². The van der Waals surface area contributed by atoms with Crippen LogP contribution in [0.5, 0.6) is 0 Å². The fourth-order valence-electron chi connectivity index (χ4n) is 3.65. The standard InChI is InChI=1S/C22H35NO8P2S/c1-6-27-32(25,28-7-2)19(33(26,29-8-3)30-9-4)17-22(15-16-34-5)21(24)31-20(23-22)18-13-11-10-12-14-18/h10-14,19H,6-9,15-17H2,1-5H3. The summed E-state index contributed by atoms with van der Waals surface area (Å²) < 4.78 is 55.9. The SMILES string of the molecule is CCOP(=O)(OCC)C(CC1(CCSC)N=C(c2ccccc2)OC1=O)P(=O)(OCC)OCC. The Hall–Kier alpha value is -0.990. The van der Waals surface area contributed by atoms with E-state index in [4.69, 9.17) is 22.8 Å². The Kier molecular flexibility index (Phi) is 11.5. The maximum atomic E-state index is 14.0. The van der Waals surface area contributed by atoms with Gasteiger partial charge in [-0.2, -0.15) is 11.8 Å². The molecule has 0 amide bonds. The molecule has 0 fully saturated rings. The highest BCUT2D eigenvalue weighted by molar-refractivity contribution is 7.98. The minimum Gasteiger partial charge on any atom is -0.405 e. The highest BCUT2D eigenvalue weighted by Crippen LogP contribution is 2.72. The topological polar surface area (TPSA) is 110 Å². The molecule has 34 heavy (non-hydrogen) atoms. The number of nitrogens with zero attached hydrogens (tertiary/aromatic N) is 1. The lowest BCUT2D eigenvalue weighted by molar-refractivity contribution is -0.139. The second kappa shape index (κ2) is 13.4. The summed E-state index contributed by atoms with van der Waals surface area (Å²) in [5, 5.41) is -1.37. The Labute approximate surface area is 206 Å². The number of benzene rings is 1. The van der Waals surface area contributed by atoms with Crippen molar-refractivity contribution in [3.05, 3.63) is 35.9 Å². The van der Waals surface area contributed by atoms with Gasteiger partial charge >= 0.3 is 21.2 Å². The maximum Gasteiger partial charge on any atom is 0.345 e. The van der Waals surface area contributed by atoms with Crippen LogP contribution in [0.1, 0.15) is 46.1 Å². The molecule has 0 N–H and O–H groups in total. The van der Waals surface area contributed by atoms with Crippen molar-refractivity contribution in [3.8, 4) is 0 Å². The minimum absolute atomic E-state index is 0.0484. The highest BCUT2D eigenvalue weighted by atomic mass is 32.2. The second-order valence-corrected chi connectivity index (χ2v) is 13.2. The molecule has 1 unspecified atom stereocenters. The van der Waals surface area contributed by atoms with Crippen LogP contribution in [0.3, 0.4) is 0 Å². The lowest BCUT2D eigenvalue weighted by Crippen LogP contribution is -2.39. The van der Waals surface area contributed by atoms with E-state index in [0.29, 0.717) is 11.3 Å². The summed E-state index contributed by atoms with van der Waals surface area (Å²) in [6.45, 7) is 6.84. The van der Waals surface area contributed by atoms with Gasteiger partial charge in [0, 0.05) is 12.0 Å². The number of rotatable bonds is 16. The fraction of sp³-hybridized carbons (Fsp3) is 0.636. The summed E-state index contributed by atoms with van der Waals surface area (Å²) in [6.07, 6.45) is 1.94. The molecular formula is C22H35NO8P2S. The van der Waals surface area contributed by atoms with Crippen LogP contribution in [0.2, 0.25) is 0 Å². The third kappa shape index (κ3) is 6.82. The van der Waals surface area contributed by atoms with Crippen molar-refractivity contribution in [1.82, 2.24) is 0 Å². The summed E-state index contributed by atoms with van der Waals surface area (Å²) in [6, 6.07) is 9.04.